The zero-order chi connectivity index (χ0) is 17.9. The van der Waals surface area contributed by atoms with Crippen LogP contribution < -0.4 is 4.18 Å². The van der Waals surface area contributed by atoms with E-state index in [0.717, 1.165) is 17.5 Å². The van der Waals surface area contributed by atoms with Gasteiger partial charge in [-0.2, -0.15) is 12.8 Å². The summed E-state index contributed by atoms with van der Waals surface area (Å²) in [4.78, 5) is 0.715. The summed E-state index contributed by atoms with van der Waals surface area (Å²) < 4.78 is 34.1. The summed E-state index contributed by atoms with van der Waals surface area (Å²) in [7, 11) is -3.65. The van der Waals surface area contributed by atoms with Gasteiger partial charge in [0.15, 0.2) is 5.75 Å². The van der Waals surface area contributed by atoms with Crippen LogP contribution in [0.4, 0.5) is 0 Å². The zero-order valence-electron chi connectivity index (χ0n) is 14.1. The lowest BCUT2D eigenvalue weighted by Crippen LogP contribution is -2.12. The molecule has 0 amide bonds. The summed E-state index contributed by atoms with van der Waals surface area (Å²) in [5.74, 6) is 0.216. The lowest BCUT2D eigenvalue weighted by Gasteiger charge is -2.09. The van der Waals surface area contributed by atoms with Crippen LogP contribution >= 0.6 is 11.5 Å². The molecule has 25 heavy (non-hydrogen) atoms. The lowest BCUT2D eigenvalue weighted by atomic mass is 10.1. The number of nitrogens with zero attached hydrogens (tertiary/aromatic N) is 1. The minimum atomic E-state index is -3.65. The number of rotatable bonds is 6. The van der Waals surface area contributed by atoms with Crippen LogP contribution in [0.3, 0.4) is 0 Å². The maximum Gasteiger partial charge on any atom is 0.309 e. The smallest absolute Gasteiger partial charge is 0.309 e. The number of benzene rings is 2. The SMILES string of the molecule is CCc1ccc(-c2nsc(-c3ccccc3)c2OS(=O)(=O)CC)cc1. The van der Waals surface area contributed by atoms with Crippen LogP contribution in [-0.2, 0) is 16.5 Å². The van der Waals surface area contributed by atoms with E-state index >= 15 is 0 Å². The van der Waals surface area contributed by atoms with Gasteiger partial charge in [-0.15, -0.1) is 0 Å². The molecule has 0 aliphatic heterocycles. The second kappa shape index (κ2) is 7.37. The first-order valence-corrected chi connectivity index (χ1v) is 10.5. The number of aromatic nitrogens is 1. The molecule has 130 valence electrons. The Morgan fingerprint density at radius 1 is 0.960 bits per heavy atom. The second-order valence-electron chi connectivity index (χ2n) is 5.54. The summed E-state index contributed by atoms with van der Waals surface area (Å²) >= 11 is 1.25. The van der Waals surface area contributed by atoms with E-state index in [-0.39, 0.29) is 5.75 Å². The van der Waals surface area contributed by atoms with Gasteiger partial charge >= 0.3 is 10.1 Å². The van der Waals surface area contributed by atoms with Gasteiger partial charge in [-0.3, -0.25) is 0 Å². The van der Waals surface area contributed by atoms with Crippen molar-refractivity contribution in [1.29, 1.82) is 0 Å². The fourth-order valence-corrected chi connectivity index (χ4v) is 3.82. The van der Waals surface area contributed by atoms with Gasteiger partial charge in [-0.05, 0) is 36.0 Å². The molecule has 1 aromatic heterocycles. The number of aryl methyl sites for hydroxylation is 1. The van der Waals surface area contributed by atoms with Gasteiger partial charge in [0.1, 0.15) is 5.69 Å². The molecule has 1 heterocycles. The zero-order valence-corrected chi connectivity index (χ0v) is 15.7. The summed E-state index contributed by atoms with van der Waals surface area (Å²) in [6, 6.07) is 17.5. The predicted molar refractivity (Wildman–Crippen MR) is 102 cm³/mol. The van der Waals surface area contributed by atoms with Crippen molar-refractivity contribution in [3.8, 4) is 27.4 Å². The standard InChI is InChI=1S/C19H19NO3S2/c1-3-14-10-12-15(13-11-14)17-18(23-25(21,22)4-2)19(24-20-17)16-8-6-5-7-9-16/h5-13H,3-4H2,1-2H3. The monoisotopic (exact) mass is 373 g/mol. The topological polar surface area (TPSA) is 56.3 Å². The van der Waals surface area contributed by atoms with Crippen LogP contribution in [-0.4, -0.2) is 18.5 Å². The van der Waals surface area contributed by atoms with E-state index in [1.807, 2.05) is 54.6 Å². The maximum absolute atomic E-state index is 12.1. The highest BCUT2D eigenvalue weighted by Gasteiger charge is 2.23. The Hall–Kier alpha value is -2.18. The van der Waals surface area contributed by atoms with Gasteiger partial charge in [-0.1, -0.05) is 61.5 Å². The molecule has 0 atom stereocenters. The van der Waals surface area contributed by atoms with E-state index in [1.54, 1.807) is 6.92 Å². The fourth-order valence-electron chi connectivity index (χ4n) is 2.40. The third kappa shape index (κ3) is 3.91. The lowest BCUT2D eigenvalue weighted by molar-refractivity contribution is 0.489. The summed E-state index contributed by atoms with van der Waals surface area (Å²) in [5.41, 5.74) is 3.50. The largest absolute Gasteiger partial charge is 0.378 e. The van der Waals surface area contributed by atoms with Crippen molar-refractivity contribution in [3.63, 3.8) is 0 Å². The van der Waals surface area contributed by atoms with E-state index in [1.165, 1.54) is 17.1 Å². The van der Waals surface area contributed by atoms with Crippen LogP contribution in [0.25, 0.3) is 21.7 Å². The highest BCUT2D eigenvalue weighted by atomic mass is 32.2. The summed E-state index contributed by atoms with van der Waals surface area (Å²) in [5, 5.41) is 0. The van der Waals surface area contributed by atoms with Gasteiger partial charge in [0.25, 0.3) is 0 Å². The van der Waals surface area contributed by atoms with Crippen LogP contribution in [0.15, 0.2) is 54.6 Å². The van der Waals surface area contributed by atoms with Gasteiger partial charge in [-0.25, -0.2) is 0 Å². The van der Waals surface area contributed by atoms with E-state index in [9.17, 15) is 8.42 Å². The highest BCUT2D eigenvalue weighted by molar-refractivity contribution is 7.87. The van der Waals surface area contributed by atoms with Gasteiger partial charge in [0.05, 0.1) is 10.6 Å². The Morgan fingerprint density at radius 2 is 1.64 bits per heavy atom. The molecule has 0 fully saturated rings. The molecule has 0 bridgehead atoms. The van der Waals surface area contributed by atoms with Crippen molar-refractivity contribution < 1.29 is 12.6 Å². The molecule has 0 aliphatic rings. The van der Waals surface area contributed by atoms with Crippen LogP contribution in [0.5, 0.6) is 5.75 Å². The molecular weight excluding hydrogens is 354 g/mol. The van der Waals surface area contributed by atoms with Crippen LogP contribution in [0.1, 0.15) is 19.4 Å². The molecule has 6 heteroatoms. The molecule has 0 radical (unpaired) electrons. The fraction of sp³-hybridized carbons (Fsp3) is 0.211. The third-order valence-electron chi connectivity index (χ3n) is 3.88. The highest BCUT2D eigenvalue weighted by Crippen LogP contribution is 2.42. The summed E-state index contributed by atoms with van der Waals surface area (Å²) in [6.07, 6.45) is 0.945. The molecule has 4 nitrogen and oxygen atoms in total. The third-order valence-corrected chi connectivity index (χ3v) is 5.89. The van der Waals surface area contributed by atoms with Crippen molar-refractivity contribution in [1.82, 2.24) is 4.37 Å². The Balaban J connectivity index is 2.13. The van der Waals surface area contributed by atoms with Crippen LogP contribution in [0, 0.1) is 0 Å². The van der Waals surface area contributed by atoms with Gasteiger partial charge in [0, 0.05) is 5.56 Å². The average Bonchev–Trinajstić information content (AvgIpc) is 3.05. The molecule has 3 aromatic rings. The Bertz CT molecular complexity index is 946. The molecule has 0 saturated heterocycles. The van der Waals surface area contributed by atoms with E-state index in [0.29, 0.717) is 16.3 Å². The molecule has 0 N–H and O–H groups in total. The minimum absolute atomic E-state index is 0.0920. The molecule has 0 saturated carbocycles. The molecule has 3 rings (SSSR count). The quantitative estimate of drug-likeness (QED) is 0.584. The van der Waals surface area contributed by atoms with Crippen LogP contribution in [0.2, 0.25) is 0 Å². The van der Waals surface area contributed by atoms with Crippen molar-refractivity contribution >= 4 is 21.7 Å². The summed E-state index contributed by atoms with van der Waals surface area (Å²) in [6.45, 7) is 3.65. The van der Waals surface area contributed by atoms with Gasteiger partial charge in [0.2, 0.25) is 0 Å². The number of hydrogen-bond acceptors (Lipinski definition) is 5. The van der Waals surface area contributed by atoms with Crippen molar-refractivity contribution in [3.05, 3.63) is 60.2 Å². The minimum Gasteiger partial charge on any atom is -0.378 e. The van der Waals surface area contributed by atoms with Crippen molar-refractivity contribution in [2.24, 2.45) is 0 Å². The first-order chi connectivity index (χ1) is 12.0. The van der Waals surface area contributed by atoms with Gasteiger partial charge < -0.3 is 4.18 Å². The molecule has 0 aliphatic carbocycles. The second-order valence-corrected chi connectivity index (χ2v) is 8.17. The normalized spacial score (nSPS) is 11.4. The first-order valence-electron chi connectivity index (χ1n) is 8.10. The van der Waals surface area contributed by atoms with Crippen molar-refractivity contribution in [2.75, 3.05) is 5.75 Å². The maximum atomic E-state index is 12.1. The number of hydrogen-bond donors (Lipinski definition) is 0. The Kier molecular flexibility index (Phi) is 5.20. The predicted octanol–water partition coefficient (Wildman–Crippen LogP) is 4.77. The van der Waals surface area contributed by atoms with Crippen molar-refractivity contribution in [2.45, 2.75) is 20.3 Å². The first kappa shape index (κ1) is 17.6. The Morgan fingerprint density at radius 3 is 2.24 bits per heavy atom. The molecular formula is C19H19NO3S2. The average molecular weight is 373 g/mol. The van der Waals surface area contributed by atoms with E-state index in [4.69, 9.17) is 4.18 Å². The molecule has 2 aromatic carbocycles. The van der Waals surface area contributed by atoms with E-state index in [2.05, 4.69) is 11.3 Å². The molecule has 0 spiro atoms. The Labute approximate surface area is 152 Å². The van der Waals surface area contributed by atoms with E-state index < -0.39 is 10.1 Å². The molecule has 0 unspecified atom stereocenters.